The first kappa shape index (κ1) is 24.1. The van der Waals surface area contributed by atoms with Gasteiger partial charge in [-0.1, -0.05) is 36.5 Å². The summed E-state index contributed by atoms with van der Waals surface area (Å²) in [5, 5.41) is 6.61. The molecule has 0 bridgehead atoms. The summed E-state index contributed by atoms with van der Waals surface area (Å²) in [6.45, 7) is 13.0. The van der Waals surface area contributed by atoms with Crippen LogP contribution in [0.5, 0.6) is 0 Å². The molecular weight excluding hydrogens is 344 g/mol. The minimum Gasteiger partial charge on any atom is -0.301 e. The SMILES string of the molecule is C/C=C\C(=C/C)C\C=C/C(/C=N/N(C)C(=NC)C1CCN(C(C)C)CC1)=C\C. The maximum Gasteiger partial charge on any atom is 0.122 e. The third kappa shape index (κ3) is 7.97. The maximum atomic E-state index is 4.67. The van der Waals surface area contributed by atoms with Gasteiger partial charge in [0.1, 0.15) is 5.84 Å². The van der Waals surface area contributed by atoms with Crippen molar-refractivity contribution in [1.29, 1.82) is 0 Å². The van der Waals surface area contributed by atoms with E-state index in [0.29, 0.717) is 12.0 Å². The Morgan fingerprint density at radius 1 is 1.11 bits per heavy atom. The van der Waals surface area contributed by atoms with Gasteiger partial charge in [-0.15, -0.1) is 0 Å². The summed E-state index contributed by atoms with van der Waals surface area (Å²) in [5.74, 6) is 1.58. The summed E-state index contributed by atoms with van der Waals surface area (Å²) >= 11 is 0. The van der Waals surface area contributed by atoms with Crippen molar-refractivity contribution in [3.63, 3.8) is 0 Å². The van der Waals surface area contributed by atoms with Crippen molar-refractivity contribution >= 4 is 12.1 Å². The highest BCUT2D eigenvalue weighted by molar-refractivity contribution is 5.87. The van der Waals surface area contributed by atoms with E-state index in [-0.39, 0.29) is 0 Å². The van der Waals surface area contributed by atoms with Crippen LogP contribution in [-0.2, 0) is 0 Å². The van der Waals surface area contributed by atoms with Crippen LogP contribution in [-0.4, -0.2) is 55.2 Å². The fourth-order valence-electron chi connectivity index (χ4n) is 3.52. The summed E-state index contributed by atoms with van der Waals surface area (Å²) < 4.78 is 0. The van der Waals surface area contributed by atoms with Crippen LogP contribution in [0.25, 0.3) is 0 Å². The lowest BCUT2D eigenvalue weighted by atomic mass is 9.94. The first-order valence-electron chi connectivity index (χ1n) is 10.6. The Hall–Kier alpha value is -1.94. The number of aliphatic imine (C=N–C) groups is 1. The van der Waals surface area contributed by atoms with Crippen molar-refractivity contribution in [1.82, 2.24) is 9.91 Å². The van der Waals surface area contributed by atoms with Crippen molar-refractivity contribution in [3.8, 4) is 0 Å². The molecule has 0 amide bonds. The minimum atomic E-state index is 0.491. The van der Waals surface area contributed by atoms with Gasteiger partial charge in [0.25, 0.3) is 0 Å². The van der Waals surface area contributed by atoms with Gasteiger partial charge in [-0.25, -0.2) is 0 Å². The molecule has 0 atom stereocenters. The molecule has 156 valence electrons. The molecule has 1 saturated heterocycles. The Kier molecular flexibility index (Phi) is 11.4. The van der Waals surface area contributed by atoms with Gasteiger partial charge in [0.15, 0.2) is 0 Å². The number of rotatable bonds is 8. The van der Waals surface area contributed by atoms with E-state index in [2.05, 4.69) is 72.2 Å². The molecule has 1 aliphatic heterocycles. The van der Waals surface area contributed by atoms with Crippen molar-refractivity contribution in [3.05, 3.63) is 47.6 Å². The summed E-state index contributed by atoms with van der Waals surface area (Å²) in [6, 6.07) is 0.624. The number of piperidine rings is 1. The molecule has 1 heterocycles. The van der Waals surface area contributed by atoms with Gasteiger partial charge < -0.3 is 4.90 Å². The largest absolute Gasteiger partial charge is 0.301 e. The minimum absolute atomic E-state index is 0.491. The fraction of sp³-hybridized carbons (Fsp3) is 0.583. The Labute approximate surface area is 173 Å². The summed E-state index contributed by atoms with van der Waals surface area (Å²) in [5.41, 5.74) is 2.42. The lowest BCUT2D eigenvalue weighted by molar-refractivity contribution is 0.165. The van der Waals surface area contributed by atoms with E-state index in [9.17, 15) is 0 Å². The van der Waals surface area contributed by atoms with Crippen LogP contribution < -0.4 is 0 Å². The Balaban J connectivity index is 2.67. The van der Waals surface area contributed by atoms with Gasteiger partial charge in [-0.3, -0.25) is 10.0 Å². The molecule has 1 rings (SSSR count). The highest BCUT2D eigenvalue weighted by Gasteiger charge is 2.26. The molecule has 0 unspecified atom stereocenters. The molecule has 28 heavy (non-hydrogen) atoms. The highest BCUT2D eigenvalue weighted by Crippen LogP contribution is 2.21. The van der Waals surface area contributed by atoms with Crippen molar-refractivity contribution < 1.29 is 0 Å². The lowest BCUT2D eigenvalue weighted by Crippen LogP contribution is -2.42. The van der Waals surface area contributed by atoms with Gasteiger partial charge in [0.2, 0.25) is 0 Å². The predicted octanol–water partition coefficient (Wildman–Crippen LogP) is 5.47. The number of hydrazone groups is 1. The Morgan fingerprint density at radius 2 is 1.79 bits per heavy atom. The van der Waals surface area contributed by atoms with E-state index in [1.165, 1.54) is 5.57 Å². The highest BCUT2D eigenvalue weighted by atomic mass is 15.5. The number of hydrogen-bond donors (Lipinski definition) is 0. The second-order valence-corrected chi connectivity index (χ2v) is 7.51. The smallest absolute Gasteiger partial charge is 0.122 e. The van der Waals surface area contributed by atoms with Crippen LogP contribution in [0.3, 0.4) is 0 Å². The van der Waals surface area contributed by atoms with Gasteiger partial charge in [-0.05, 0) is 78.1 Å². The second-order valence-electron chi connectivity index (χ2n) is 7.51. The fourth-order valence-corrected chi connectivity index (χ4v) is 3.52. The average Bonchev–Trinajstić information content (AvgIpc) is 2.70. The third-order valence-electron chi connectivity index (χ3n) is 5.31. The van der Waals surface area contributed by atoms with Crippen LogP contribution in [0.4, 0.5) is 0 Å². The summed E-state index contributed by atoms with van der Waals surface area (Å²) in [4.78, 5) is 7.10. The number of hydrogen-bond acceptors (Lipinski definition) is 3. The molecule has 0 aromatic rings. The van der Waals surface area contributed by atoms with Gasteiger partial charge >= 0.3 is 0 Å². The van der Waals surface area contributed by atoms with Crippen molar-refractivity contribution in [2.24, 2.45) is 16.0 Å². The van der Waals surface area contributed by atoms with Crippen LogP contribution in [0, 0.1) is 5.92 Å². The second kappa shape index (κ2) is 13.3. The summed E-state index contributed by atoms with van der Waals surface area (Å²) in [7, 11) is 3.89. The normalized spacial score (nSPS) is 19.1. The number of nitrogens with zero attached hydrogens (tertiary/aromatic N) is 4. The van der Waals surface area contributed by atoms with Crippen molar-refractivity contribution in [2.75, 3.05) is 27.2 Å². The van der Waals surface area contributed by atoms with Gasteiger partial charge in [0.05, 0.1) is 6.21 Å². The van der Waals surface area contributed by atoms with Crippen LogP contribution >= 0.6 is 0 Å². The molecule has 4 heteroatoms. The first-order valence-corrected chi connectivity index (χ1v) is 10.6. The molecule has 0 radical (unpaired) electrons. The van der Waals surface area contributed by atoms with E-state index in [0.717, 1.165) is 43.8 Å². The number of likely N-dealkylation sites (tertiary alicyclic amines) is 1. The topological polar surface area (TPSA) is 31.2 Å². The quantitative estimate of drug-likeness (QED) is 0.240. The molecule has 0 aromatic heterocycles. The number of allylic oxidation sites excluding steroid dienone is 8. The van der Waals surface area contributed by atoms with E-state index < -0.39 is 0 Å². The lowest BCUT2D eigenvalue weighted by Gasteiger charge is -2.36. The molecule has 0 N–H and O–H groups in total. The standard InChI is InChI=1S/C24H40N4/c1-8-12-21(9-2)13-11-14-22(10-3)19-26-27(7)24(25-6)23-15-17-28(18-16-23)20(4)5/h8-12,14,19-20,23H,13,15-18H2,1-7H3/b12-8-,14-11-,21-9+,22-10+,25-24?,26-19+. The van der Waals surface area contributed by atoms with E-state index in [1.807, 2.05) is 39.2 Å². The molecule has 1 fully saturated rings. The third-order valence-corrected chi connectivity index (χ3v) is 5.31. The molecule has 0 saturated carbocycles. The summed E-state index contributed by atoms with van der Waals surface area (Å²) in [6.07, 6.45) is 17.9. The van der Waals surface area contributed by atoms with E-state index in [1.54, 1.807) is 0 Å². The molecule has 0 aromatic carbocycles. The van der Waals surface area contributed by atoms with Crippen LogP contribution in [0.1, 0.15) is 53.9 Å². The maximum absolute atomic E-state index is 4.67. The average molecular weight is 385 g/mol. The zero-order valence-corrected chi connectivity index (χ0v) is 19.0. The Bertz CT molecular complexity index is 627. The first-order chi connectivity index (χ1) is 13.5. The van der Waals surface area contributed by atoms with E-state index >= 15 is 0 Å². The van der Waals surface area contributed by atoms with Gasteiger partial charge in [0, 0.05) is 26.1 Å². The zero-order valence-electron chi connectivity index (χ0n) is 19.0. The van der Waals surface area contributed by atoms with Crippen molar-refractivity contribution in [2.45, 2.75) is 59.9 Å². The van der Waals surface area contributed by atoms with Crippen LogP contribution in [0.2, 0.25) is 0 Å². The molecule has 0 spiro atoms. The molecule has 0 aliphatic carbocycles. The Morgan fingerprint density at radius 3 is 2.29 bits per heavy atom. The number of amidine groups is 1. The zero-order chi connectivity index (χ0) is 20.9. The van der Waals surface area contributed by atoms with Crippen LogP contribution in [0.15, 0.2) is 57.7 Å². The van der Waals surface area contributed by atoms with E-state index in [4.69, 9.17) is 0 Å². The predicted molar refractivity (Wildman–Crippen MR) is 125 cm³/mol. The molecule has 4 nitrogen and oxygen atoms in total. The molecular formula is C24H40N4. The molecule has 1 aliphatic rings. The van der Waals surface area contributed by atoms with Gasteiger partial charge in [-0.2, -0.15) is 5.10 Å². The monoisotopic (exact) mass is 384 g/mol.